The van der Waals surface area contributed by atoms with Gasteiger partial charge in [0.15, 0.2) is 5.96 Å². The van der Waals surface area contributed by atoms with Crippen molar-refractivity contribution in [2.75, 3.05) is 12.4 Å². The minimum atomic E-state index is 0.0456. The highest BCUT2D eigenvalue weighted by molar-refractivity contribution is 5.90. The quantitative estimate of drug-likeness (QED) is 0.511. The van der Waals surface area contributed by atoms with Gasteiger partial charge >= 0.3 is 0 Å². The number of nitrogens with zero attached hydrogens (tertiary/aromatic N) is 1. The summed E-state index contributed by atoms with van der Waals surface area (Å²) in [7, 11) is 1.76. The maximum atomic E-state index is 11.9. The fourth-order valence-corrected chi connectivity index (χ4v) is 2.75. The number of guanidine groups is 1. The molecule has 0 aliphatic carbocycles. The molecule has 3 N–H and O–H groups in total. The highest BCUT2D eigenvalue weighted by Crippen LogP contribution is 2.13. The molecule has 1 atom stereocenters. The van der Waals surface area contributed by atoms with Crippen molar-refractivity contribution < 1.29 is 4.79 Å². The van der Waals surface area contributed by atoms with E-state index < -0.39 is 0 Å². The Morgan fingerprint density at radius 3 is 2.44 bits per heavy atom. The Morgan fingerprint density at radius 2 is 1.78 bits per heavy atom. The average molecular weight is 367 g/mol. The summed E-state index contributed by atoms with van der Waals surface area (Å²) >= 11 is 0. The first-order valence-electron chi connectivity index (χ1n) is 9.39. The molecule has 2 aromatic rings. The van der Waals surface area contributed by atoms with Crippen molar-refractivity contribution in [3.05, 3.63) is 65.7 Å². The molecule has 0 saturated heterocycles. The van der Waals surface area contributed by atoms with E-state index in [1.165, 1.54) is 5.56 Å². The Morgan fingerprint density at radius 1 is 1.04 bits per heavy atom. The van der Waals surface area contributed by atoms with Crippen LogP contribution in [0.25, 0.3) is 0 Å². The van der Waals surface area contributed by atoms with Gasteiger partial charge in [0.2, 0.25) is 5.91 Å². The predicted octanol–water partition coefficient (Wildman–Crippen LogP) is 4.10. The molecule has 5 nitrogen and oxygen atoms in total. The molecule has 0 aliphatic heterocycles. The lowest BCUT2D eigenvalue weighted by Gasteiger charge is -2.18. The van der Waals surface area contributed by atoms with Gasteiger partial charge in [-0.3, -0.25) is 9.79 Å². The zero-order chi connectivity index (χ0) is 19.6. The van der Waals surface area contributed by atoms with Gasteiger partial charge in [-0.05, 0) is 36.1 Å². The Bertz CT molecular complexity index is 756. The van der Waals surface area contributed by atoms with E-state index in [4.69, 9.17) is 0 Å². The van der Waals surface area contributed by atoms with E-state index >= 15 is 0 Å². The second-order valence-electron chi connectivity index (χ2n) is 7.05. The van der Waals surface area contributed by atoms with Gasteiger partial charge in [-0.25, -0.2) is 0 Å². The lowest BCUT2D eigenvalue weighted by Crippen LogP contribution is -2.38. The van der Waals surface area contributed by atoms with Gasteiger partial charge in [0.25, 0.3) is 0 Å². The molecule has 1 amide bonds. The third kappa shape index (κ3) is 7.13. The van der Waals surface area contributed by atoms with Crippen LogP contribution in [-0.4, -0.2) is 18.9 Å². The number of rotatable bonds is 7. The molecule has 27 heavy (non-hydrogen) atoms. The van der Waals surface area contributed by atoms with Crippen molar-refractivity contribution in [3.63, 3.8) is 0 Å². The first-order valence-corrected chi connectivity index (χ1v) is 9.39. The van der Waals surface area contributed by atoms with E-state index in [0.717, 1.165) is 17.2 Å². The molecule has 0 saturated carbocycles. The third-order valence-corrected chi connectivity index (χ3v) is 4.14. The summed E-state index contributed by atoms with van der Waals surface area (Å²) in [5.41, 5.74) is 3.10. The number of aliphatic imine (C=N–C) groups is 1. The highest BCUT2D eigenvalue weighted by Gasteiger charge is 2.08. The van der Waals surface area contributed by atoms with Crippen LogP contribution in [0.4, 0.5) is 5.69 Å². The molecule has 0 heterocycles. The van der Waals surface area contributed by atoms with E-state index in [0.29, 0.717) is 18.9 Å². The number of benzene rings is 2. The first-order chi connectivity index (χ1) is 13.0. The minimum Gasteiger partial charge on any atom is -0.352 e. The number of hydrogen-bond acceptors (Lipinski definition) is 2. The van der Waals surface area contributed by atoms with Gasteiger partial charge in [-0.1, -0.05) is 56.3 Å². The first kappa shape index (κ1) is 20.5. The molecule has 1 unspecified atom stereocenters. The van der Waals surface area contributed by atoms with Crippen molar-refractivity contribution in [1.29, 1.82) is 0 Å². The second-order valence-corrected chi connectivity index (χ2v) is 7.05. The summed E-state index contributed by atoms with van der Waals surface area (Å²) in [5.74, 6) is 1.13. The summed E-state index contributed by atoms with van der Waals surface area (Å²) in [4.78, 5) is 16.2. The summed E-state index contributed by atoms with van der Waals surface area (Å²) in [6, 6.07) is 18.3. The maximum absolute atomic E-state index is 11.9. The molecule has 0 aromatic heterocycles. The van der Waals surface area contributed by atoms with Gasteiger partial charge in [0, 0.05) is 25.7 Å². The number of anilines is 1. The molecule has 0 radical (unpaired) electrons. The Labute approximate surface area is 162 Å². The minimum absolute atomic E-state index is 0.0456. The predicted molar refractivity (Wildman–Crippen MR) is 113 cm³/mol. The Hall–Kier alpha value is -2.82. The van der Waals surface area contributed by atoms with E-state index in [2.05, 4.69) is 40.0 Å². The molecule has 5 heteroatoms. The molecule has 144 valence electrons. The van der Waals surface area contributed by atoms with Gasteiger partial charge in [-0.15, -0.1) is 0 Å². The van der Waals surface area contributed by atoms with Crippen LogP contribution in [0, 0.1) is 5.92 Å². The SMILES string of the molecule is CN=C(NCc1cccc(NC(=O)CC(C)C)c1)NC(C)c1ccccc1. The van der Waals surface area contributed by atoms with Crippen LogP contribution in [0.1, 0.15) is 44.4 Å². The van der Waals surface area contributed by atoms with Crippen LogP contribution in [-0.2, 0) is 11.3 Å². The zero-order valence-corrected chi connectivity index (χ0v) is 16.6. The number of nitrogens with one attached hydrogen (secondary N) is 3. The van der Waals surface area contributed by atoms with Gasteiger partial charge in [0.05, 0.1) is 6.04 Å². The van der Waals surface area contributed by atoms with Crippen molar-refractivity contribution >= 4 is 17.6 Å². The van der Waals surface area contributed by atoms with Crippen LogP contribution in [0.15, 0.2) is 59.6 Å². The van der Waals surface area contributed by atoms with Crippen molar-refractivity contribution in [3.8, 4) is 0 Å². The number of hydrogen-bond donors (Lipinski definition) is 3. The summed E-state index contributed by atoms with van der Waals surface area (Å²) in [6.45, 7) is 6.80. The number of amides is 1. The normalized spacial score (nSPS) is 12.6. The summed E-state index contributed by atoms with van der Waals surface area (Å²) < 4.78 is 0. The lowest BCUT2D eigenvalue weighted by atomic mass is 10.1. The number of carbonyl (C=O) groups is 1. The standard InChI is InChI=1S/C22H30N4O/c1-16(2)13-21(27)26-20-12-8-9-18(14-20)15-24-22(23-4)25-17(3)19-10-6-5-7-11-19/h5-12,14,16-17H,13,15H2,1-4H3,(H,26,27)(H2,23,24,25). The molecular weight excluding hydrogens is 336 g/mol. The maximum Gasteiger partial charge on any atom is 0.224 e. The fourth-order valence-electron chi connectivity index (χ4n) is 2.75. The van der Waals surface area contributed by atoms with Crippen LogP contribution >= 0.6 is 0 Å². The van der Waals surface area contributed by atoms with Crippen molar-refractivity contribution in [1.82, 2.24) is 10.6 Å². The van der Waals surface area contributed by atoms with Crippen molar-refractivity contribution in [2.24, 2.45) is 10.9 Å². The molecule has 2 rings (SSSR count). The molecule has 0 bridgehead atoms. The van der Waals surface area contributed by atoms with Crippen LogP contribution < -0.4 is 16.0 Å². The smallest absolute Gasteiger partial charge is 0.224 e. The monoisotopic (exact) mass is 366 g/mol. The largest absolute Gasteiger partial charge is 0.352 e. The summed E-state index contributed by atoms with van der Waals surface area (Å²) in [5, 5.41) is 9.67. The molecule has 0 fully saturated rings. The molecule has 2 aromatic carbocycles. The lowest BCUT2D eigenvalue weighted by molar-refractivity contribution is -0.116. The van der Waals surface area contributed by atoms with Crippen LogP contribution in [0.2, 0.25) is 0 Å². The number of carbonyl (C=O) groups excluding carboxylic acids is 1. The van der Waals surface area contributed by atoms with E-state index in [-0.39, 0.29) is 11.9 Å². The average Bonchev–Trinajstić information content (AvgIpc) is 2.65. The van der Waals surface area contributed by atoms with E-state index in [9.17, 15) is 4.79 Å². The van der Waals surface area contributed by atoms with Crippen LogP contribution in [0.3, 0.4) is 0 Å². The molecular formula is C22H30N4O. The highest BCUT2D eigenvalue weighted by atomic mass is 16.1. The Kier molecular flexibility index (Phi) is 7.86. The van der Waals surface area contributed by atoms with Crippen molar-refractivity contribution in [2.45, 2.75) is 39.8 Å². The topological polar surface area (TPSA) is 65.5 Å². The van der Waals surface area contributed by atoms with E-state index in [1.807, 2.05) is 56.3 Å². The zero-order valence-electron chi connectivity index (χ0n) is 16.6. The van der Waals surface area contributed by atoms with Gasteiger partial charge < -0.3 is 16.0 Å². The van der Waals surface area contributed by atoms with E-state index in [1.54, 1.807) is 7.05 Å². The van der Waals surface area contributed by atoms with Gasteiger partial charge in [0.1, 0.15) is 0 Å². The van der Waals surface area contributed by atoms with Gasteiger partial charge in [-0.2, -0.15) is 0 Å². The molecule has 0 aliphatic rings. The fraction of sp³-hybridized carbons (Fsp3) is 0.364. The van der Waals surface area contributed by atoms with Crippen LogP contribution in [0.5, 0.6) is 0 Å². The third-order valence-electron chi connectivity index (χ3n) is 4.14. The molecule has 0 spiro atoms. The second kappa shape index (κ2) is 10.4. The Balaban J connectivity index is 1.90. The summed E-state index contributed by atoms with van der Waals surface area (Å²) in [6.07, 6.45) is 0.524.